The number of fused-ring (bicyclic) bond motifs is 1. The maximum atomic E-state index is 13.5. The maximum Gasteiger partial charge on any atom is 0.326 e. The van der Waals surface area contributed by atoms with Gasteiger partial charge in [0, 0.05) is 0 Å². The van der Waals surface area contributed by atoms with Crippen molar-refractivity contribution in [2.75, 3.05) is 18.5 Å². The molecule has 1 heterocycles. The molecule has 0 fully saturated rings. The first-order valence-corrected chi connectivity index (χ1v) is 9.29. The molecule has 1 aliphatic heterocycles. The molecule has 3 rings (SSSR count). The summed E-state index contributed by atoms with van der Waals surface area (Å²) in [5.74, 6) is -4.34. The van der Waals surface area contributed by atoms with Crippen molar-refractivity contribution in [3.8, 4) is 0 Å². The van der Waals surface area contributed by atoms with Crippen LogP contribution in [0.3, 0.4) is 0 Å². The number of hydrogen-bond acceptors (Lipinski definition) is 6. The number of amides is 5. The Hall–Kier alpha value is -3.50. The monoisotopic (exact) mass is 467 g/mol. The zero-order valence-corrected chi connectivity index (χ0v) is 16.9. The Morgan fingerprint density at radius 3 is 2.16 bits per heavy atom. The van der Waals surface area contributed by atoms with Gasteiger partial charge in [0.25, 0.3) is 17.7 Å². The Morgan fingerprint density at radius 2 is 1.58 bits per heavy atom. The van der Waals surface area contributed by atoms with E-state index in [9.17, 15) is 28.4 Å². The van der Waals surface area contributed by atoms with Gasteiger partial charge in [0.2, 0.25) is 0 Å². The van der Waals surface area contributed by atoms with Crippen LogP contribution in [0, 0.1) is 5.82 Å². The van der Waals surface area contributed by atoms with Crippen molar-refractivity contribution >= 4 is 58.6 Å². The zero-order valence-electron chi connectivity index (χ0n) is 15.4. The van der Waals surface area contributed by atoms with Crippen molar-refractivity contribution in [1.29, 1.82) is 0 Å². The van der Waals surface area contributed by atoms with E-state index in [2.05, 4.69) is 10.1 Å². The quantitative estimate of drug-likeness (QED) is 0.514. The third kappa shape index (κ3) is 4.98. The van der Waals surface area contributed by atoms with E-state index in [1.54, 1.807) is 0 Å². The van der Waals surface area contributed by atoms with E-state index < -0.39 is 48.7 Å². The number of halogens is 3. The molecular weight excluding hydrogens is 456 g/mol. The number of nitrogens with one attached hydrogen (secondary N) is 2. The minimum Gasteiger partial charge on any atom is -0.454 e. The minimum absolute atomic E-state index is 0.0187. The number of rotatable bonds is 5. The van der Waals surface area contributed by atoms with Gasteiger partial charge in [0.1, 0.15) is 12.4 Å². The predicted molar refractivity (Wildman–Crippen MR) is 106 cm³/mol. The van der Waals surface area contributed by atoms with Crippen molar-refractivity contribution in [1.82, 2.24) is 10.2 Å². The summed E-state index contributed by atoms with van der Waals surface area (Å²) in [6.45, 7) is -1.64. The number of esters is 1. The lowest BCUT2D eigenvalue weighted by atomic mass is 10.1. The second-order valence-electron chi connectivity index (χ2n) is 6.15. The maximum absolute atomic E-state index is 13.5. The lowest BCUT2D eigenvalue weighted by molar-refractivity contribution is -0.148. The summed E-state index contributed by atoms with van der Waals surface area (Å²) < 4.78 is 18.2. The second kappa shape index (κ2) is 9.11. The Balaban J connectivity index is 1.50. The van der Waals surface area contributed by atoms with Gasteiger partial charge < -0.3 is 10.1 Å². The lowest BCUT2D eigenvalue weighted by Gasteiger charge is -2.13. The number of carbonyl (C=O) groups excluding carboxylic acids is 5. The van der Waals surface area contributed by atoms with Crippen LogP contribution in [0.4, 0.5) is 14.9 Å². The molecule has 0 saturated heterocycles. The van der Waals surface area contributed by atoms with Crippen LogP contribution in [0.5, 0.6) is 0 Å². The number of imide groups is 2. The molecule has 2 aromatic rings. The van der Waals surface area contributed by atoms with Crippen LogP contribution in [-0.2, 0) is 14.3 Å². The number of carbonyl (C=O) groups is 5. The van der Waals surface area contributed by atoms with Crippen LogP contribution in [-0.4, -0.2) is 47.8 Å². The van der Waals surface area contributed by atoms with Gasteiger partial charge in [-0.1, -0.05) is 35.3 Å². The molecule has 0 aromatic heterocycles. The lowest BCUT2D eigenvalue weighted by Crippen LogP contribution is -2.39. The normalized spacial score (nSPS) is 12.4. The average molecular weight is 468 g/mol. The first-order valence-electron chi connectivity index (χ1n) is 8.53. The molecule has 0 atom stereocenters. The highest BCUT2D eigenvalue weighted by Crippen LogP contribution is 2.31. The third-order valence-corrected chi connectivity index (χ3v) is 4.76. The largest absolute Gasteiger partial charge is 0.454 e. The van der Waals surface area contributed by atoms with Gasteiger partial charge in [0.15, 0.2) is 6.61 Å². The molecule has 1 aliphatic rings. The Labute approximate surface area is 184 Å². The van der Waals surface area contributed by atoms with E-state index in [1.165, 1.54) is 30.3 Å². The Morgan fingerprint density at radius 1 is 1.00 bits per heavy atom. The summed E-state index contributed by atoms with van der Waals surface area (Å²) >= 11 is 11.7. The van der Waals surface area contributed by atoms with Gasteiger partial charge in [-0.2, -0.15) is 0 Å². The number of anilines is 1. The number of ether oxygens (including phenoxy) is 1. The number of benzene rings is 2. The van der Waals surface area contributed by atoms with E-state index in [1.807, 2.05) is 5.32 Å². The molecule has 0 unspecified atom stereocenters. The van der Waals surface area contributed by atoms with Gasteiger partial charge in [-0.3, -0.25) is 29.4 Å². The molecule has 9 nitrogen and oxygen atoms in total. The van der Waals surface area contributed by atoms with Crippen molar-refractivity contribution in [3.05, 3.63) is 63.4 Å². The second-order valence-corrected chi connectivity index (χ2v) is 6.97. The number of para-hydroxylation sites is 1. The number of nitrogens with zero attached hydrogens (tertiary/aromatic N) is 1. The van der Waals surface area contributed by atoms with Gasteiger partial charge in [0.05, 0.1) is 26.9 Å². The fourth-order valence-corrected chi connectivity index (χ4v) is 2.95. The molecule has 2 aromatic carbocycles. The summed E-state index contributed by atoms with van der Waals surface area (Å²) in [6.07, 6.45) is 0. The summed E-state index contributed by atoms with van der Waals surface area (Å²) in [6, 6.07) is 6.67. The van der Waals surface area contributed by atoms with E-state index >= 15 is 0 Å². The molecule has 0 spiro atoms. The minimum atomic E-state index is -1.07. The van der Waals surface area contributed by atoms with Gasteiger partial charge >= 0.3 is 12.0 Å². The van der Waals surface area contributed by atoms with Crippen LogP contribution >= 0.6 is 23.2 Å². The van der Waals surface area contributed by atoms with Crippen LogP contribution in [0.15, 0.2) is 36.4 Å². The van der Waals surface area contributed by atoms with Crippen LogP contribution in [0.1, 0.15) is 20.7 Å². The summed E-state index contributed by atoms with van der Waals surface area (Å²) in [7, 11) is 0. The zero-order chi connectivity index (χ0) is 22.7. The molecular formula is C19H12Cl2FN3O6. The molecule has 0 saturated carbocycles. The molecule has 5 amide bonds. The first kappa shape index (κ1) is 22.2. The molecule has 31 heavy (non-hydrogen) atoms. The van der Waals surface area contributed by atoms with E-state index in [0.717, 1.165) is 6.07 Å². The fourth-order valence-electron chi connectivity index (χ4n) is 2.63. The summed E-state index contributed by atoms with van der Waals surface area (Å²) in [5, 5.41) is 4.08. The molecule has 160 valence electrons. The molecule has 0 radical (unpaired) electrons. The SMILES string of the molecule is O=C(COC(=O)CN1C(=O)c2cc(Cl)c(Cl)cc2C1=O)NC(=O)Nc1ccccc1F. The number of hydrogen-bond donors (Lipinski definition) is 2. The highest BCUT2D eigenvalue weighted by molar-refractivity contribution is 6.43. The Bertz CT molecular complexity index is 1080. The van der Waals surface area contributed by atoms with Gasteiger partial charge in [-0.15, -0.1) is 0 Å². The van der Waals surface area contributed by atoms with Crippen LogP contribution in [0.2, 0.25) is 10.0 Å². The molecule has 0 bridgehead atoms. The predicted octanol–water partition coefficient (Wildman–Crippen LogP) is 2.62. The van der Waals surface area contributed by atoms with Gasteiger partial charge in [-0.25, -0.2) is 9.18 Å². The average Bonchev–Trinajstić information content (AvgIpc) is 2.93. The van der Waals surface area contributed by atoms with Crippen molar-refractivity contribution in [3.63, 3.8) is 0 Å². The highest BCUT2D eigenvalue weighted by atomic mass is 35.5. The van der Waals surface area contributed by atoms with Crippen molar-refractivity contribution < 1.29 is 33.1 Å². The highest BCUT2D eigenvalue weighted by Gasteiger charge is 2.37. The smallest absolute Gasteiger partial charge is 0.326 e. The fraction of sp³-hybridized carbons (Fsp3) is 0.105. The first-order chi connectivity index (χ1) is 14.7. The summed E-state index contributed by atoms with van der Waals surface area (Å²) in [4.78, 5) is 60.6. The molecule has 12 heteroatoms. The van der Waals surface area contributed by atoms with E-state index in [4.69, 9.17) is 23.2 Å². The van der Waals surface area contributed by atoms with Crippen LogP contribution in [0.25, 0.3) is 0 Å². The third-order valence-electron chi connectivity index (χ3n) is 4.04. The molecule has 0 aliphatic carbocycles. The van der Waals surface area contributed by atoms with E-state index in [0.29, 0.717) is 4.90 Å². The van der Waals surface area contributed by atoms with Crippen LogP contribution < -0.4 is 10.6 Å². The number of urea groups is 1. The van der Waals surface area contributed by atoms with Crippen molar-refractivity contribution in [2.24, 2.45) is 0 Å². The summed E-state index contributed by atoms with van der Waals surface area (Å²) in [5.41, 5.74) is -0.194. The Kier molecular flexibility index (Phi) is 6.52. The van der Waals surface area contributed by atoms with E-state index in [-0.39, 0.29) is 26.9 Å². The topological polar surface area (TPSA) is 122 Å². The van der Waals surface area contributed by atoms with Crippen molar-refractivity contribution in [2.45, 2.75) is 0 Å². The standard InChI is InChI=1S/C19H12Cl2FN3O6/c20-11-5-9-10(6-12(11)21)18(29)25(17(9)28)7-16(27)31-8-15(26)24-19(30)23-14-4-2-1-3-13(14)22/h1-6H,7-8H2,(H2,23,24,26,30). The molecule has 2 N–H and O–H groups in total. The van der Waals surface area contributed by atoms with Gasteiger partial charge in [-0.05, 0) is 24.3 Å².